The van der Waals surface area contributed by atoms with Crippen molar-refractivity contribution >= 4 is 93.8 Å². The third-order valence-corrected chi connectivity index (χ3v) is 13.7. The molecular formula is C63H43N3. The molecule has 3 heteroatoms. The summed E-state index contributed by atoms with van der Waals surface area (Å²) in [6, 6.07) is 79.5. The highest BCUT2D eigenvalue weighted by Gasteiger charge is 2.22. The molecule has 0 radical (unpaired) electrons. The SMILES string of the molecule is C=C(/C=c1\c(=C/C)n(-c2cccc3ccccc23)c2ccccc12)c1cc(-c2ccc3c(c2)c2ccccc2n3-c2ccccc2)c2c(c1)c1c3ccccc3ccc1n2-c1ccccc1. The second-order valence-corrected chi connectivity index (χ2v) is 17.3. The fourth-order valence-corrected chi connectivity index (χ4v) is 10.8. The van der Waals surface area contributed by atoms with Gasteiger partial charge in [0.1, 0.15) is 0 Å². The maximum Gasteiger partial charge on any atom is 0.0620 e. The van der Waals surface area contributed by atoms with Gasteiger partial charge in [-0.05, 0) is 119 Å². The standard InChI is InChI=1S/C63H43N3/c1-3-56-53(50-28-15-17-31-59(50)66(56)57-32-18-21-42-19-10-12-26-48(42)57)37-41(2)45-39-52(44-34-35-60-54(38-44)51-29-14-16-30-58(51)64(60)46-22-6-4-7-23-46)63-55(40-45)62-49-27-13-11-20-43(49)33-36-61(62)65(63)47-24-8-5-9-25-47/h3-40H,2H2,1H3/b53-37-,56-3+. The summed E-state index contributed by atoms with van der Waals surface area (Å²) in [6.07, 6.45) is 4.56. The quantitative estimate of drug-likeness (QED) is 0.158. The number of allylic oxidation sites excluding steroid dienone is 1. The molecule has 66 heavy (non-hydrogen) atoms. The summed E-state index contributed by atoms with van der Waals surface area (Å²) in [5.74, 6) is 0. The topological polar surface area (TPSA) is 14.8 Å². The average molecular weight is 842 g/mol. The van der Waals surface area contributed by atoms with E-state index in [0.717, 1.165) is 55.4 Å². The molecule has 13 rings (SSSR count). The predicted molar refractivity (Wildman–Crippen MR) is 282 cm³/mol. The van der Waals surface area contributed by atoms with E-state index in [2.05, 4.69) is 251 Å². The lowest BCUT2D eigenvalue weighted by Gasteiger charge is -2.14. The second-order valence-electron chi connectivity index (χ2n) is 17.3. The highest BCUT2D eigenvalue weighted by Crippen LogP contribution is 2.44. The van der Waals surface area contributed by atoms with Gasteiger partial charge in [0.15, 0.2) is 0 Å². The monoisotopic (exact) mass is 841 g/mol. The lowest BCUT2D eigenvalue weighted by atomic mass is 9.93. The van der Waals surface area contributed by atoms with E-state index in [1.165, 1.54) is 70.5 Å². The van der Waals surface area contributed by atoms with Crippen molar-refractivity contribution in [2.45, 2.75) is 6.92 Å². The van der Waals surface area contributed by atoms with Gasteiger partial charge in [-0.1, -0.05) is 158 Å². The molecule has 0 aliphatic rings. The highest BCUT2D eigenvalue weighted by atomic mass is 15.0. The van der Waals surface area contributed by atoms with Crippen molar-refractivity contribution in [2.24, 2.45) is 0 Å². The normalized spacial score (nSPS) is 12.6. The number of rotatable bonds is 6. The molecule has 3 nitrogen and oxygen atoms in total. The molecule has 0 atom stereocenters. The molecule has 10 aromatic carbocycles. The molecule has 0 fully saturated rings. The summed E-state index contributed by atoms with van der Waals surface area (Å²) >= 11 is 0. The van der Waals surface area contributed by atoms with Gasteiger partial charge in [0.25, 0.3) is 0 Å². The van der Waals surface area contributed by atoms with Crippen LogP contribution in [0.15, 0.2) is 225 Å². The second kappa shape index (κ2) is 15.0. The van der Waals surface area contributed by atoms with Crippen LogP contribution in [0.25, 0.3) is 122 Å². The molecule has 0 saturated heterocycles. The summed E-state index contributed by atoms with van der Waals surface area (Å²) in [5, 5.41) is 13.2. The number of para-hydroxylation sites is 4. The van der Waals surface area contributed by atoms with Crippen molar-refractivity contribution in [1.82, 2.24) is 13.7 Å². The maximum absolute atomic E-state index is 4.92. The van der Waals surface area contributed by atoms with Crippen molar-refractivity contribution in [3.63, 3.8) is 0 Å². The number of hydrogen-bond donors (Lipinski definition) is 0. The number of hydrogen-bond acceptors (Lipinski definition) is 0. The lowest BCUT2D eigenvalue weighted by Crippen LogP contribution is -2.28. The summed E-state index contributed by atoms with van der Waals surface area (Å²) < 4.78 is 7.29. The van der Waals surface area contributed by atoms with Crippen molar-refractivity contribution in [1.29, 1.82) is 0 Å². The third kappa shape index (κ3) is 5.70. The number of aromatic nitrogens is 3. The zero-order valence-electron chi connectivity index (χ0n) is 36.5. The van der Waals surface area contributed by atoms with Gasteiger partial charge in [-0.3, -0.25) is 0 Å². The highest BCUT2D eigenvalue weighted by molar-refractivity contribution is 6.24. The molecule has 0 bridgehead atoms. The van der Waals surface area contributed by atoms with Crippen LogP contribution in [0.5, 0.6) is 0 Å². The van der Waals surface area contributed by atoms with Crippen molar-refractivity contribution in [2.75, 3.05) is 0 Å². The molecule has 0 amide bonds. The molecule has 3 heterocycles. The fourth-order valence-electron chi connectivity index (χ4n) is 10.8. The summed E-state index contributed by atoms with van der Waals surface area (Å²) in [6.45, 7) is 7.07. The van der Waals surface area contributed by atoms with Crippen molar-refractivity contribution < 1.29 is 0 Å². The lowest BCUT2D eigenvalue weighted by molar-refractivity contribution is 1.08. The van der Waals surface area contributed by atoms with Gasteiger partial charge < -0.3 is 13.7 Å². The zero-order valence-corrected chi connectivity index (χ0v) is 36.5. The number of fused-ring (bicyclic) bond motifs is 10. The molecule has 0 aliphatic heterocycles. The number of benzene rings is 10. The molecule has 13 aromatic rings. The zero-order chi connectivity index (χ0) is 43.9. The first-order valence-electron chi connectivity index (χ1n) is 22.7. The Labute approximate surface area is 382 Å². The van der Waals surface area contributed by atoms with Gasteiger partial charge in [-0.15, -0.1) is 0 Å². The predicted octanol–water partition coefficient (Wildman–Crippen LogP) is 15.1. The van der Waals surface area contributed by atoms with Gasteiger partial charge in [0, 0.05) is 59.8 Å². The fraction of sp³-hybridized carbons (Fsp3) is 0.0159. The first-order chi connectivity index (χ1) is 32.6. The van der Waals surface area contributed by atoms with E-state index < -0.39 is 0 Å². The van der Waals surface area contributed by atoms with Gasteiger partial charge >= 0.3 is 0 Å². The van der Waals surface area contributed by atoms with Gasteiger partial charge in [0.05, 0.1) is 33.3 Å². The molecule has 310 valence electrons. The Bertz CT molecular complexity index is 4230. The largest absolute Gasteiger partial charge is 0.309 e. The molecule has 0 aliphatic carbocycles. The Kier molecular flexibility index (Phi) is 8.59. The van der Waals surface area contributed by atoms with Crippen LogP contribution in [0, 0.1) is 0 Å². The van der Waals surface area contributed by atoms with Gasteiger partial charge in [-0.2, -0.15) is 0 Å². The van der Waals surface area contributed by atoms with Crippen LogP contribution >= 0.6 is 0 Å². The Morgan fingerprint density at radius 1 is 0.424 bits per heavy atom. The van der Waals surface area contributed by atoms with Crippen LogP contribution in [-0.4, -0.2) is 13.7 Å². The summed E-state index contributed by atoms with van der Waals surface area (Å²) in [4.78, 5) is 0. The molecule has 0 spiro atoms. The van der Waals surface area contributed by atoms with E-state index in [-0.39, 0.29) is 0 Å². The molecular weight excluding hydrogens is 799 g/mol. The summed E-state index contributed by atoms with van der Waals surface area (Å²) in [5.41, 5.74) is 13.6. The van der Waals surface area contributed by atoms with Crippen LogP contribution in [0.1, 0.15) is 12.5 Å². The van der Waals surface area contributed by atoms with Crippen LogP contribution in [0.4, 0.5) is 0 Å². The minimum atomic E-state index is 0.949. The van der Waals surface area contributed by atoms with E-state index in [4.69, 9.17) is 6.58 Å². The van der Waals surface area contributed by atoms with E-state index >= 15 is 0 Å². The Morgan fingerprint density at radius 2 is 1.00 bits per heavy atom. The van der Waals surface area contributed by atoms with E-state index in [1.54, 1.807) is 0 Å². The first kappa shape index (κ1) is 37.9. The molecule has 3 aromatic heterocycles. The van der Waals surface area contributed by atoms with Crippen LogP contribution < -0.4 is 10.6 Å². The Hall–Kier alpha value is -8.66. The third-order valence-electron chi connectivity index (χ3n) is 13.7. The van der Waals surface area contributed by atoms with Crippen LogP contribution in [-0.2, 0) is 0 Å². The maximum atomic E-state index is 4.92. The van der Waals surface area contributed by atoms with E-state index in [9.17, 15) is 0 Å². The molecule has 0 N–H and O–H groups in total. The van der Waals surface area contributed by atoms with Gasteiger partial charge in [0.2, 0.25) is 0 Å². The van der Waals surface area contributed by atoms with E-state index in [0.29, 0.717) is 0 Å². The Morgan fingerprint density at radius 3 is 1.74 bits per heavy atom. The van der Waals surface area contributed by atoms with Gasteiger partial charge in [-0.25, -0.2) is 0 Å². The summed E-state index contributed by atoms with van der Waals surface area (Å²) in [7, 11) is 0. The van der Waals surface area contributed by atoms with Crippen LogP contribution in [0.3, 0.4) is 0 Å². The molecule has 0 saturated carbocycles. The van der Waals surface area contributed by atoms with Crippen LogP contribution in [0.2, 0.25) is 0 Å². The smallest absolute Gasteiger partial charge is 0.0620 e. The number of nitrogens with zero attached hydrogens (tertiary/aromatic N) is 3. The van der Waals surface area contributed by atoms with Crippen molar-refractivity contribution in [3.05, 3.63) is 241 Å². The Balaban J connectivity index is 1.12. The van der Waals surface area contributed by atoms with E-state index in [1.807, 2.05) is 0 Å². The minimum Gasteiger partial charge on any atom is -0.309 e. The minimum absolute atomic E-state index is 0.949. The first-order valence-corrected chi connectivity index (χ1v) is 22.7. The van der Waals surface area contributed by atoms with Crippen molar-refractivity contribution in [3.8, 4) is 28.2 Å². The average Bonchev–Trinajstić information content (AvgIpc) is 4.01. The molecule has 0 unspecified atom stereocenters.